The van der Waals surface area contributed by atoms with E-state index in [0.29, 0.717) is 19.5 Å². The molecule has 1 fully saturated rings. The summed E-state index contributed by atoms with van der Waals surface area (Å²) < 4.78 is 6.65. The van der Waals surface area contributed by atoms with Crippen LogP contribution in [0.25, 0.3) is 0 Å². The van der Waals surface area contributed by atoms with Gasteiger partial charge in [0.2, 0.25) is 5.91 Å². The molecule has 0 saturated carbocycles. The average Bonchev–Trinajstić information content (AvgIpc) is 2.91. The van der Waals surface area contributed by atoms with Crippen LogP contribution < -0.4 is 10.5 Å². The zero-order chi connectivity index (χ0) is 21.1. The van der Waals surface area contributed by atoms with Crippen molar-refractivity contribution in [2.24, 2.45) is 5.73 Å². The quantitative estimate of drug-likeness (QED) is 0.846. The Morgan fingerprint density at radius 1 is 1.17 bits per heavy atom. The van der Waals surface area contributed by atoms with Gasteiger partial charge in [-0.3, -0.25) is 4.79 Å². The first-order chi connectivity index (χ1) is 14.5. The highest BCUT2D eigenvalue weighted by Crippen LogP contribution is 2.36. The third-order valence-electron chi connectivity index (χ3n) is 6.52. The van der Waals surface area contributed by atoms with Crippen molar-refractivity contribution in [3.05, 3.63) is 65.2 Å². The maximum atomic E-state index is 13.4. The molecular formula is C25H33N3O2. The van der Waals surface area contributed by atoms with Crippen molar-refractivity contribution in [1.82, 2.24) is 9.80 Å². The largest absolute Gasteiger partial charge is 0.485 e. The molecule has 2 aliphatic heterocycles. The molecule has 2 heterocycles. The second kappa shape index (κ2) is 8.78. The van der Waals surface area contributed by atoms with Crippen molar-refractivity contribution in [3.63, 3.8) is 0 Å². The van der Waals surface area contributed by atoms with Crippen molar-refractivity contribution in [2.45, 2.75) is 51.3 Å². The Bertz CT molecular complexity index is 875. The Morgan fingerprint density at radius 3 is 2.60 bits per heavy atom. The summed E-state index contributed by atoms with van der Waals surface area (Å²) in [5.41, 5.74) is 9.40. The lowest BCUT2D eigenvalue weighted by Gasteiger charge is -2.42. The molecule has 1 saturated heterocycles. The number of carbonyl (C=O) groups excluding carboxylic acids is 1. The first-order valence-electron chi connectivity index (χ1n) is 11.1. The molecule has 2 aromatic rings. The van der Waals surface area contributed by atoms with Crippen LogP contribution in [-0.4, -0.2) is 53.5 Å². The van der Waals surface area contributed by atoms with E-state index in [0.717, 1.165) is 49.4 Å². The van der Waals surface area contributed by atoms with Crippen molar-refractivity contribution in [3.8, 4) is 5.75 Å². The molecule has 1 atom stereocenters. The fourth-order valence-corrected chi connectivity index (χ4v) is 4.69. The number of rotatable bonds is 4. The lowest BCUT2D eigenvalue weighted by Crippen LogP contribution is -2.56. The predicted molar refractivity (Wildman–Crippen MR) is 119 cm³/mol. The van der Waals surface area contributed by atoms with Gasteiger partial charge in [-0.15, -0.1) is 0 Å². The summed E-state index contributed by atoms with van der Waals surface area (Å²) in [4.78, 5) is 17.8. The van der Waals surface area contributed by atoms with E-state index in [9.17, 15) is 4.79 Å². The van der Waals surface area contributed by atoms with E-state index in [1.807, 2.05) is 35.2 Å². The van der Waals surface area contributed by atoms with E-state index >= 15 is 0 Å². The van der Waals surface area contributed by atoms with Crippen LogP contribution in [-0.2, 0) is 17.8 Å². The Balaban J connectivity index is 1.59. The first-order valence-corrected chi connectivity index (χ1v) is 11.1. The number of carbonyl (C=O) groups is 1. The number of ether oxygens (including phenoxy) is 1. The Morgan fingerprint density at radius 2 is 1.90 bits per heavy atom. The predicted octanol–water partition coefficient (Wildman–Crippen LogP) is 3.14. The molecule has 0 aromatic heterocycles. The van der Waals surface area contributed by atoms with Gasteiger partial charge in [0.05, 0.1) is 12.6 Å². The van der Waals surface area contributed by atoms with Gasteiger partial charge in [-0.05, 0) is 31.5 Å². The number of hydrogen-bond acceptors (Lipinski definition) is 4. The molecule has 1 spiro atoms. The zero-order valence-electron chi connectivity index (χ0n) is 18.1. The molecule has 0 bridgehead atoms. The maximum absolute atomic E-state index is 13.4. The van der Waals surface area contributed by atoms with Gasteiger partial charge in [-0.25, -0.2) is 0 Å². The van der Waals surface area contributed by atoms with Gasteiger partial charge in [0.1, 0.15) is 11.4 Å². The van der Waals surface area contributed by atoms with Gasteiger partial charge in [-0.1, -0.05) is 55.0 Å². The summed E-state index contributed by atoms with van der Waals surface area (Å²) in [6, 6.07) is 15.8. The summed E-state index contributed by atoms with van der Waals surface area (Å²) in [6.07, 6.45) is 2.39. The summed E-state index contributed by atoms with van der Waals surface area (Å²) >= 11 is 0. The van der Waals surface area contributed by atoms with Crippen molar-refractivity contribution in [2.75, 3.05) is 26.2 Å². The van der Waals surface area contributed by atoms with Gasteiger partial charge in [-0.2, -0.15) is 0 Å². The van der Waals surface area contributed by atoms with E-state index in [2.05, 4.69) is 36.9 Å². The van der Waals surface area contributed by atoms with Gasteiger partial charge in [0, 0.05) is 38.0 Å². The van der Waals surface area contributed by atoms with Crippen LogP contribution in [0.1, 0.15) is 36.5 Å². The molecular weight excluding hydrogens is 374 g/mol. The molecule has 2 N–H and O–H groups in total. The second-order valence-corrected chi connectivity index (χ2v) is 8.82. The second-order valence-electron chi connectivity index (χ2n) is 8.82. The smallest absolute Gasteiger partial charge is 0.240 e. The molecule has 160 valence electrons. The molecule has 1 unspecified atom stereocenters. The molecule has 5 heteroatoms. The maximum Gasteiger partial charge on any atom is 0.240 e. The first kappa shape index (κ1) is 20.9. The number of nitrogens with two attached hydrogens (primary N) is 1. The number of likely N-dealkylation sites (tertiary alicyclic amines) is 1. The van der Waals surface area contributed by atoms with Crippen LogP contribution in [0.5, 0.6) is 5.75 Å². The number of nitrogens with zero attached hydrogens (tertiary/aromatic N) is 2. The summed E-state index contributed by atoms with van der Waals surface area (Å²) in [5, 5.41) is 0. The SMILES string of the molecule is CCN1CCC2(CC1)CN(C(=O)C(N)Cc1ccccc1)Cc1cc(C)ccc1O2. The van der Waals surface area contributed by atoms with E-state index in [4.69, 9.17) is 10.5 Å². The van der Waals surface area contributed by atoms with Crippen LogP contribution in [0.3, 0.4) is 0 Å². The van der Waals surface area contributed by atoms with E-state index < -0.39 is 6.04 Å². The third kappa shape index (κ3) is 4.52. The topological polar surface area (TPSA) is 58.8 Å². The van der Waals surface area contributed by atoms with E-state index in [1.54, 1.807) is 0 Å². The van der Waals surface area contributed by atoms with Crippen molar-refractivity contribution in [1.29, 1.82) is 0 Å². The molecule has 2 aromatic carbocycles. The fraction of sp³-hybridized carbons (Fsp3) is 0.480. The average molecular weight is 408 g/mol. The normalized spacial score (nSPS) is 19.6. The standard InChI is InChI=1S/C25H33N3O2/c1-3-27-13-11-25(12-14-27)18-28(17-21-15-19(2)9-10-23(21)30-25)24(29)22(26)16-20-7-5-4-6-8-20/h4-10,15,22H,3,11-14,16-18,26H2,1-2H3. The summed E-state index contributed by atoms with van der Waals surface area (Å²) in [7, 11) is 0. The van der Waals surface area contributed by atoms with Crippen molar-refractivity contribution >= 4 is 5.91 Å². The summed E-state index contributed by atoms with van der Waals surface area (Å²) in [6.45, 7) is 8.47. The van der Waals surface area contributed by atoms with E-state index in [1.165, 1.54) is 5.56 Å². The van der Waals surface area contributed by atoms with Gasteiger partial charge in [0.25, 0.3) is 0 Å². The number of amides is 1. The minimum absolute atomic E-state index is 0.00843. The minimum Gasteiger partial charge on any atom is -0.485 e. The lowest BCUT2D eigenvalue weighted by molar-refractivity contribution is -0.136. The number of benzene rings is 2. The van der Waals surface area contributed by atoms with Gasteiger partial charge >= 0.3 is 0 Å². The van der Waals surface area contributed by atoms with Crippen LogP contribution in [0.4, 0.5) is 0 Å². The highest BCUT2D eigenvalue weighted by molar-refractivity contribution is 5.82. The van der Waals surface area contributed by atoms with Crippen molar-refractivity contribution < 1.29 is 9.53 Å². The Kier molecular flexibility index (Phi) is 6.11. The molecule has 2 aliphatic rings. The molecule has 0 radical (unpaired) electrons. The number of hydrogen-bond donors (Lipinski definition) is 1. The molecule has 4 rings (SSSR count). The number of piperidine rings is 1. The van der Waals surface area contributed by atoms with Crippen LogP contribution in [0, 0.1) is 6.92 Å². The van der Waals surface area contributed by atoms with Crippen LogP contribution in [0.2, 0.25) is 0 Å². The molecule has 30 heavy (non-hydrogen) atoms. The van der Waals surface area contributed by atoms with Crippen LogP contribution >= 0.6 is 0 Å². The Hall–Kier alpha value is -2.37. The van der Waals surface area contributed by atoms with E-state index in [-0.39, 0.29) is 11.5 Å². The number of aryl methyl sites for hydroxylation is 1. The van der Waals surface area contributed by atoms with Crippen LogP contribution in [0.15, 0.2) is 48.5 Å². The highest BCUT2D eigenvalue weighted by atomic mass is 16.5. The Labute approximate surface area is 179 Å². The zero-order valence-corrected chi connectivity index (χ0v) is 18.1. The minimum atomic E-state index is -0.549. The number of fused-ring (bicyclic) bond motifs is 1. The monoisotopic (exact) mass is 407 g/mol. The molecule has 1 amide bonds. The molecule has 0 aliphatic carbocycles. The fourth-order valence-electron chi connectivity index (χ4n) is 4.69. The third-order valence-corrected chi connectivity index (χ3v) is 6.52. The van der Waals surface area contributed by atoms with Gasteiger partial charge < -0.3 is 20.3 Å². The summed E-state index contributed by atoms with van der Waals surface area (Å²) in [5.74, 6) is 0.923. The lowest BCUT2D eigenvalue weighted by atomic mass is 9.90. The van der Waals surface area contributed by atoms with Gasteiger partial charge in [0.15, 0.2) is 0 Å². The highest BCUT2D eigenvalue weighted by Gasteiger charge is 2.42. The molecule has 5 nitrogen and oxygen atoms in total.